The fraction of sp³-hybridized carbons (Fsp3) is 0.417. The van der Waals surface area contributed by atoms with Gasteiger partial charge >= 0.3 is 5.97 Å². The molecule has 0 spiro atoms. The number of aryl methyl sites for hydroxylation is 1. The van der Waals surface area contributed by atoms with Gasteiger partial charge in [0, 0.05) is 12.7 Å². The molecule has 0 radical (unpaired) electrons. The molecule has 0 bridgehead atoms. The molecule has 110 valence electrons. The molecule has 7 nitrogen and oxygen atoms in total. The molecule has 20 heavy (non-hydrogen) atoms. The van der Waals surface area contributed by atoms with Gasteiger partial charge in [-0.25, -0.2) is 0 Å². The summed E-state index contributed by atoms with van der Waals surface area (Å²) in [5.41, 5.74) is 0.364. The summed E-state index contributed by atoms with van der Waals surface area (Å²) in [5, 5.41) is 13.4. The van der Waals surface area contributed by atoms with Crippen molar-refractivity contribution in [1.82, 2.24) is 15.2 Å². The molecule has 0 aromatic carbocycles. The zero-order valence-electron chi connectivity index (χ0n) is 11.0. The normalized spacial score (nSPS) is 10.1. The first kappa shape index (κ1) is 16.0. The van der Waals surface area contributed by atoms with Crippen LogP contribution in [-0.2, 0) is 16.1 Å². The zero-order valence-corrected chi connectivity index (χ0v) is 11.7. The Kier molecular flexibility index (Phi) is 6.05. The molecule has 2 amide bonds. The number of carboxylic acids is 1. The van der Waals surface area contributed by atoms with E-state index in [0.717, 1.165) is 6.42 Å². The maximum atomic E-state index is 11.9. The first-order valence-corrected chi connectivity index (χ1v) is 6.44. The van der Waals surface area contributed by atoms with E-state index in [0.29, 0.717) is 17.3 Å². The number of halogens is 1. The average molecular weight is 302 g/mol. The van der Waals surface area contributed by atoms with Gasteiger partial charge in [-0.05, 0) is 12.5 Å². The second-order valence-electron chi connectivity index (χ2n) is 4.09. The summed E-state index contributed by atoms with van der Waals surface area (Å²) >= 11 is 5.85. The number of carbonyl (C=O) groups excluding carboxylic acids is 2. The van der Waals surface area contributed by atoms with Crippen LogP contribution in [0.2, 0.25) is 5.02 Å². The van der Waals surface area contributed by atoms with E-state index in [1.807, 2.05) is 6.92 Å². The number of nitrogens with zero attached hydrogens (tertiary/aromatic N) is 1. The maximum absolute atomic E-state index is 11.9. The van der Waals surface area contributed by atoms with Gasteiger partial charge in [0.05, 0.1) is 11.6 Å². The number of carboxylic acid groups (broad SMARTS) is 1. The predicted molar refractivity (Wildman–Crippen MR) is 72.7 cm³/mol. The zero-order chi connectivity index (χ0) is 15.1. The third kappa shape index (κ3) is 4.93. The number of carbonyl (C=O) groups is 3. The smallest absolute Gasteiger partial charge is 0.322 e. The van der Waals surface area contributed by atoms with E-state index in [2.05, 4.69) is 10.6 Å². The molecule has 0 aliphatic heterocycles. The molecule has 0 fully saturated rings. The van der Waals surface area contributed by atoms with Gasteiger partial charge in [-0.15, -0.1) is 0 Å². The van der Waals surface area contributed by atoms with E-state index in [1.54, 1.807) is 10.8 Å². The lowest BCUT2D eigenvalue weighted by Crippen LogP contribution is -2.39. The molecule has 1 aromatic heterocycles. The highest BCUT2D eigenvalue weighted by Crippen LogP contribution is 2.14. The van der Waals surface area contributed by atoms with Gasteiger partial charge in [-0.3, -0.25) is 14.4 Å². The van der Waals surface area contributed by atoms with Crippen molar-refractivity contribution in [3.8, 4) is 0 Å². The number of aliphatic carboxylic acids is 1. The molecule has 0 unspecified atom stereocenters. The first-order valence-electron chi connectivity index (χ1n) is 6.06. The third-order valence-electron chi connectivity index (χ3n) is 2.41. The van der Waals surface area contributed by atoms with Crippen LogP contribution >= 0.6 is 11.6 Å². The quantitative estimate of drug-likeness (QED) is 0.682. The Balaban J connectivity index is 2.54. The van der Waals surface area contributed by atoms with E-state index in [4.69, 9.17) is 16.7 Å². The Labute approximate surface area is 120 Å². The average Bonchev–Trinajstić information content (AvgIpc) is 2.75. The molecular weight excluding hydrogens is 286 g/mol. The molecule has 0 saturated carbocycles. The highest BCUT2D eigenvalue weighted by molar-refractivity contribution is 6.31. The molecule has 1 heterocycles. The van der Waals surface area contributed by atoms with E-state index in [1.165, 1.54) is 6.07 Å². The molecule has 0 aliphatic rings. The van der Waals surface area contributed by atoms with Gasteiger partial charge in [0.15, 0.2) is 0 Å². The predicted octanol–water partition coefficient (Wildman–Crippen LogP) is 0.482. The Bertz CT molecular complexity index is 513. The maximum Gasteiger partial charge on any atom is 0.322 e. The van der Waals surface area contributed by atoms with Gasteiger partial charge in [0.2, 0.25) is 5.91 Å². The molecule has 3 N–H and O–H groups in total. The summed E-state index contributed by atoms with van der Waals surface area (Å²) < 4.78 is 1.70. The highest BCUT2D eigenvalue weighted by atomic mass is 35.5. The Morgan fingerprint density at radius 3 is 2.60 bits per heavy atom. The lowest BCUT2D eigenvalue weighted by Gasteiger charge is -2.08. The minimum absolute atomic E-state index is 0.291. The van der Waals surface area contributed by atoms with Crippen molar-refractivity contribution in [2.75, 3.05) is 13.1 Å². The van der Waals surface area contributed by atoms with Gasteiger partial charge in [0.1, 0.15) is 12.2 Å². The van der Waals surface area contributed by atoms with Crippen molar-refractivity contribution >= 4 is 29.4 Å². The molecule has 1 aromatic rings. The monoisotopic (exact) mass is 301 g/mol. The van der Waals surface area contributed by atoms with Crippen molar-refractivity contribution in [3.63, 3.8) is 0 Å². The van der Waals surface area contributed by atoms with E-state index in [9.17, 15) is 14.4 Å². The fourth-order valence-electron chi connectivity index (χ4n) is 1.58. The Morgan fingerprint density at radius 2 is 2.00 bits per heavy atom. The molecule has 0 aliphatic carbocycles. The third-order valence-corrected chi connectivity index (χ3v) is 2.61. The summed E-state index contributed by atoms with van der Waals surface area (Å²) in [7, 11) is 0. The van der Waals surface area contributed by atoms with Crippen molar-refractivity contribution in [2.24, 2.45) is 0 Å². The lowest BCUT2D eigenvalue weighted by atomic mass is 10.3. The molecule has 8 heteroatoms. The minimum Gasteiger partial charge on any atom is -0.480 e. The largest absolute Gasteiger partial charge is 0.480 e. The minimum atomic E-state index is -1.15. The van der Waals surface area contributed by atoms with Gasteiger partial charge in [0.25, 0.3) is 5.91 Å². The fourth-order valence-corrected chi connectivity index (χ4v) is 1.80. The molecule has 0 saturated heterocycles. The van der Waals surface area contributed by atoms with Crippen LogP contribution in [-0.4, -0.2) is 40.5 Å². The van der Waals surface area contributed by atoms with Crippen LogP contribution in [0.5, 0.6) is 0 Å². The van der Waals surface area contributed by atoms with Crippen molar-refractivity contribution in [3.05, 3.63) is 23.0 Å². The van der Waals surface area contributed by atoms with E-state index >= 15 is 0 Å². The molecule has 1 rings (SSSR count). The summed E-state index contributed by atoms with van der Waals surface area (Å²) in [6, 6.07) is 1.52. The van der Waals surface area contributed by atoms with Crippen LogP contribution in [0.1, 0.15) is 23.8 Å². The van der Waals surface area contributed by atoms with Crippen molar-refractivity contribution < 1.29 is 19.5 Å². The summed E-state index contributed by atoms with van der Waals surface area (Å²) in [5.74, 6) is -2.15. The summed E-state index contributed by atoms with van der Waals surface area (Å²) in [6.07, 6.45) is 2.48. The first-order chi connectivity index (χ1) is 9.43. The number of amides is 2. The van der Waals surface area contributed by atoms with E-state index in [-0.39, 0.29) is 6.54 Å². The van der Waals surface area contributed by atoms with Crippen LogP contribution in [0.4, 0.5) is 0 Å². The van der Waals surface area contributed by atoms with Crippen molar-refractivity contribution in [1.29, 1.82) is 0 Å². The van der Waals surface area contributed by atoms with Crippen LogP contribution in [0.15, 0.2) is 12.3 Å². The van der Waals surface area contributed by atoms with Gasteiger partial charge < -0.3 is 20.3 Å². The number of hydrogen-bond donors (Lipinski definition) is 3. The van der Waals surface area contributed by atoms with Crippen LogP contribution < -0.4 is 10.6 Å². The second kappa shape index (κ2) is 7.54. The van der Waals surface area contributed by atoms with Gasteiger partial charge in [-0.2, -0.15) is 0 Å². The Hall–Kier alpha value is -2.02. The summed E-state index contributed by atoms with van der Waals surface area (Å²) in [4.78, 5) is 33.4. The highest BCUT2D eigenvalue weighted by Gasteiger charge is 2.14. The standard InChI is InChI=1S/C12H16ClN3O4/c1-2-3-16-7-8(13)4-9(16)12(20)15-5-10(17)14-6-11(18)19/h4,7H,2-3,5-6H2,1H3,(H,14,17)(H,15,20)(H,18,19). The van der Waals surface area contributed by atoms with Crippen LogP contribution in [0.3, 0.4) is 0 Å². The Morgan fingerprint density at radius 1 is 1.30 bits per heavy atom. The van der Waals surface area contributed by atoms with Crippen LogP contribution in [0.25, 0.3) is 0 Å². The number of aromatic nitrogens is 1. The van der Waals surface area contributed by atoms with Gasteiger partial charge in [-0.1, -0.05) is 18.5 Å². The molecule has 0 atom stereocenters. The number of nitrogens with one attached hydrogen (secondary N) is 2. The second-order valence-corrected chi connectivity index (χ2v) is 4.53. The van der Waals surface area contributed by atoms with E-state index < -0.39 is 24.3 Å². The summed E-state index contributed by atoms with van der Waals surface area (Å²) in [6.45, 7) is 1.84. The SMILES string of the molecule is CCCn1cc(Cl)cc1C(=O)NCC(=O)NCC(=O)O. The lowest BCUT2D eigenvalue weighted by molar-refractivity contribution is -0.137. The number of rotatable bonds is 7. The topological polar surface area (TPSA) is 100 Å². The van der Waals surface area contributed by atoms with Crippen LogP contribution in [0, 0.1) is 0 Å². The molecular formula is C12H16ClN3O4. The van der Waals surface area contributed by atoms with Crippen molar-refractivity contribution in [2.45, 2.75) is 19.9 Å². The number of hydrogen-bond acceptors (Lipinski definition) is 3.